The van der Waals surface area contributed by atoms with E-state index in [-0.39, 0.29) is 0 Å². The molecule has 0 amide bonds. The molecule has 0 saturated heterocycles. The summed E-state index contributed by atoms with van der Waals surface area (Å²) in [5, 5.41) is 3.28. The van der Waals surface area contributed by atoms with Crippen molar-refractivity contribution in [2.45, 2.75) is 14.7 Å². The van der Waals surface area contributed by atoms with Gasteiger partial charge < -0.3 is 5.32 Å². The fourth-order valence-corrected chi connectivity index (χ4v) is 2.14. The van der Waals surface area contributed by atoms with Gasteiger partial charge in [-0.2, -0.15) is 0 Å². The van der Waals surface area contributed by atoms with Crippen molar-refractivity contribution in [3.05, 3.63) is 42.5 Å². The number of anilines is 2. The van der Waals surface area contributed by atoms with Crippen LogP contribution < -0.4 is 5.32 Å². The smallest absolute Gasteiger partial charge is 0.0520 e. The SMILES string of the molecule is Sc1ccc(Nc2ccccc2S)c(S)c1. The summed E-state index contributed by atoms with van der Waals surface area (Å²) in [4.78, 5) is 2.67. The van der Waals surface area contributed by atoms with Crippen LogP contribution in [0.3, 0.4) is 0 Å². The van der Waals surface area contributed by atoms with Gasteiger partial charge in [-0.15, -0.1) is 37.9 Å². The molecule has 2 rings (SSSR count). The van der Waals surface area contributed by atoms with Crippen molar-refractivity contribution in [1.82, 2.24) is 0 Å². The quantitative estimate of drug-likeness (QED) is 0.594. The van der Waals surface area contributed by atoms with Gasteiger partial charge in [0, 0.05) is 14.7 Å². The molecule has 0 bridgehead atoms. The fourth-order valence-electron chi connectivity index (χ4n) is 1.35. The average molecular weight is 265 g/mol. The van der Waals surface area contributed by atoms with Crippen LogP contribution in [0.25, 0.3) is 0 Å². The third kappa shape index (κ3) is 2.70. The molecule has 0 saturated carbocycles. The Labute approximate surface area is 112 Å². The minimum Gasteiger partial charge on any atom is -0.354 e. The molecule has 0 heterocycles. The van der Waals surface area contributed by atoms with Crippen molar-refractivity contribution in [2.75, 3.05) is 5.32 Å². The van der Waals surface area contributed by atoms with Gasteiger partial charge in [0.1, 0.15) is 0 Å². The van der Waals surface area contributed by atoms with Crippen molar-refractivity contribution in [3.63, 3.8) is 0 Å². The van der Waals surface area contributed by atoms with Gasteiger partial charge in [0.05, 0.1) is 11.4 Å². The van der Waals surface area contributed by atoms with Crippen LogP contribution in [0.15, 0.2) is 57.2 Å². The van der Waals surface area contributed by atoms with Crippen molar-refractivity contribution < 1.29 is 0 Å². The first kappa shape index (κ1) is 11.8. The third-order valence-corrected chi connectivity index (χ3v) is 3.19. The van der Waals surface area contributed by atoms with E-state index in [0.717, 1.165) is 26.1 Å². The summed E-state index contributed by atoms with van der Waals surface area (Å²) in [6.07, 6.45) is 0. The highest BCUT2D eigenvalue weighted by Crippen LogP contribution is 2.28. The lowest BCUT2D eigenvalue weighted by Crippen LogP contribution is -1.92. The normalized spacial score (nSPS) is 10.2. The van der Waals surface area contributed by atoms with Crippen LogP contribution in [0.4, 0.5) is 11.4 Å². The summed E-state index contributed by atoms with van der Waals surface area (Å²) >= 11 is 13.0. The van der Waals surface area contributed by atoms with Gasteiger partial charge in [0.15, 0.2) is 0 Å². The standard InChI is InChI=1S/C12H11NS3/c14-8-5-6-10(12(16)7-8)13-9-3-1-2-4-11(9)15/h1-7,13-16H. The number of nitrogens with one attached hydrogen (secondary N) is 1. The summed E-state index contributed by atoms with van der Waals surface area (Å²) in [5.41, 5.74) is 1.91. The van der Waals surface area contributed by atoms with Gasteiger partial charge in [0.2, 0.25) is 0 Å². The largest absolute Gasteiger partial charge is 0.354 e. The second-order valence-corrected chi connectivity index (χ2v) is 4.82. The fraction of sp³-hybridized carbons (Fsp3) is 0. The molecule has 4 heteroatoms. The van der Waals surface area contributed by atoms with E-state index >= 15 is 0 Å². The monoisotopic (exact) mass is 265 g/mol. The minimum atomic E-state index is 0.865. The Morgan fingerprint density at radius 3 is 2.12 bits per heavy atom. The third-order valence-electron chi connectivity index (χ3n) is 2.15. The van der Waals surface area contributed by atoms with Crippen LogP contribution in [0.2, 0.25) is 0 Å². The number of para-hydroxylation sites is 1. The van der Waals surface area contributed by atoms with Gasteiger partial charge >= 0.3 is 0 Å². The van der Waals surface area contributed by atoms with E-state index in [9.17, 15) is 0 Å². The predicted octanol–water partition coefficient (Wildman–Crippen LogP) is 4.30. The zero-order chi connectivity index (χ0) is 11.5. The molecule has 0 aliphatic rings. The van der Waals surface area contributed by atoms with E-state index in [2.05, 4.69) is 43.2 Å². The maximum absolute atomic E-state index is 4.40. The van der Waals surface area contributed by atoms with Gasteiger partial charge in [-0.1, -0.05) is 12.1 Å². The second-order valence-electron chi connectivity index (χ2n) is 3.34. The van der Waals surface area contributed by atoms with Crippen molar-refractivity contribution >= 4 is 49.3 Å². The van der Waals surface area contributed by atoms with Crippen molar-refractivity contribution in [1.29, 1.82) is 0 Å². The zero-order valence-electron chi connectivity index (χ0n) is 8.38. The maximum atomic E-state index is 4.40. The van der Waals surface area contributed by atoms with Crippen LogP contribution in [0, 0.1) is 0 Å². The first-order valence-corrected chi connectivity index (χ1v) is 6.08. The Hall–Kier alpha value is -0.710. The number of thiol groups is 3. The molecule has 0 aliphatic heterocycles. The number of hydrogen-bond donors (Lipinski definition) is 4. The molecule has 0 spiro atoms. The highest BCUT2D eigenvalue weighted by Gasteiger charge is 2.02. The van der Waals surface area contributed by atoms with E-state index < -0.39 is 0 Å². The first-order valence-electron chi connectivity index (χ1n) is 4.74. The topological polar surface area (TPSA) is 12.0 Å². The van der Waals surface area contributed by atoms with E-state index in [1.165, 1.54) is 0 Å². The molecule has 1 nitrogen and oxygen atoms in total. The summed E-state index contributed by atoms with van der Waals surface area (Å²) in [6.45, 7) is 0. The van der Waals surface area contributed by atoms with Crippen molar-refractivity contribution in [3.8, 4) is 0 Å². The van der Waals surface area contributed by atoms with Gasteiger partial charge in [-0.3, -0.25) is 0 Å². The zero-order valence-corrected chi connectivity index (χ0v) is 11.1. The molecular formula is C12H11NS3. The average Bonchev–Trinajstić information content (AvgIpc) is 2.25. The summed E-state index contributed by atoms with van der Waals surface area (Å²) < 4.78 is 0. The molecule has 0 atom stereocenters. The van der Waals surface area contributed by atoms with Crippen LogP contribution >= 0.6 is 37.9 Å². The van der Waals surface area contributed by atoms with Crippen LogP contribution in [-0.2, 0) is 0 Å². The predicted molar refractivity (Wildman–Crippen MR) is 77.9 cm³/mol. The molecule has 16 heavy (non-hydrogen) atoms. The molecule has 0 radical (unpaired) electrons. The van der Waals surface area contributed by atoms with Gasteiger partial charge in [0.25, 0.3) is 0 Å². The molecule has 0 aromatic heterocycles. The van der Waals surface area contributed by atoms with E-state index in [4.69, 9.17) is 0 Å². The molecule has 2 aromatic carbocycles. The molecule has 2 aromatic rings. The maximum Gasteiger partial charge on any atom is 0.0520 e. The molecule has 1 N–H and O–H groups in total. The summed E-state index contributed by atoms with van der Waals surface area (Å²) in [7, 11) is 0. The summed E-state index contributed by atoms with van der Waals surface area (Å²) in [5.74, 6) is 0. The molecule has 0 fully saturated rings. The van der Waals surface area contributed by atoms with Gasteiger partial charge in [-0.25, -0.2) is 0 Å². The van der Waals surface area contributed by atoms with E-state index in [1.54, 1.807) is 0 Å². The van der Waals surface area contributed by atoms with Crippen molar-refractivity contribution in [2.24, 2.45) is 0 Å². The number of rotatable bonds is 2. The molecule has 82 valence electrons. The van der Waals surface area contributed by atoms with Crippen LogP contribution in [0.5, 0.6) is 0 Å². The van der Waals surface area contributed by atoms with Crippen LogP contribution in [0.1, 0.15) is 0 Å². The minimum absolute atomic E-state index is 0.865. The highest BCUT2D eigenvalue weighted by atomic mass is 32.1. The van der Waals surface area contributed by atoms with E-state index in [1.807, 2.05) is 42.5 Å². The highest BCUT2D eigenvalue weighted by molar-refractivity contribution is 7.81. The second kappa shape index (κ2) is 5.08. The Morgan fingerprint density at radius 2 is 1.44 bits per heavy atom. The van der Waals surface area contributed by atoms with E-state index in [0.29, 0.717) is 0 Å². The molecular weight excluding hydrogens is 254 g/mol. The summed E-state index contributed by atoms with van der Waals surface area (Å²) in [6, 6.07) is 13.6. The first-order chi connectivity index (χ1) is 7.66. The Morgan fingerprint density at radius 1 is 0.750 bits per heavy atom. The number of benzene rings is 2. The Balaban J connectivity index is 2.31. The Bertz CT molecular complexity index is 511. The molecule has 0 aliphatic carbocycles. The molecule has 0 unspecified atom stereocenters. The lowest BCUT2D eigenvalue weighted by molar-refractivity contribution is 1.31. The van der Waals surface area contributed by atoms with Crippen LogP contribution in [-0.4, -0.2) is 0 Å². The number of hydrogen-bond acceptors (Lipinski definition) is 4. The Kier molecular flexibility index (Phi) is 3.74. The van der Waals surface area contributed by atoms with Gasteiger partial charge in [-0.05, 0) is 30.3 Å². The lowest BCUT2D eigenvalue weighted by Gasteiger charge is -2.11. The lowest BCUT2D eigenvalue weighted by atomic mass is 10.2.